The van der Waals surface area contributed by atoms with E-state index in [1.54, 1.807) is 0 Å². The SMILES string of the molecule is Cn1cc(NC(=O)OCCS(=O)(=O)c2ccc(C(F)(F)F)cc2)nc1C(=O)O.O=S(=O)(CCN1CCCCC1)c1ccc(C(F)(F)F)cc1. The number of amides is 1. The molecule has 2 aromatic carbocycles. The Morgan fingerprint density at radius 1 is 0.816 bits per heavy atom. The van der Waals surface area contributed by atoms with Gasteiger partial charge in [-0.05, 0) is 74.5 Å². The highest BCUT2D eigenvalue weighted by Crippen LogP contribution is 2.31. The van der Waals surface area contributed by atoms with Crippen molar-refractivity contribution in [3.63, 3.8) is 0 Å². The summed E-state index contributed by atoms with van der Waals surface area (Å²) >= 11 is 0. The molecule has 270 valence electrons. The Kier molecular flexibility index (Phi) is 12.8. The standard InChI is InChI=1S/C15H14F3N3O6S.C14H18F3NO2S/c1-21-8-11(19-12(21)13(22)23)20-14(24)27-6-7-28(25,26)10-4-2-9(3-5-10)15(16,17)18;15-14(16,17)12-4-6-13(7-5-12)21(19,20)11-10-18-8-2-1-3-9-18/h2-5,8H,6-7H2,1H3,(H,20,24)(H,22,23);4-7H,1-3,8-11H2. The predicted molar refractivity (Wildman–Crippen MR) is 162 cm³/mol. The minimum atomic E-state index is -4.59. The van der Waals surface area contributed by atoms with Crippen LogP contribution in [0.4, 0.5) is 37.0 Å². The lowest BCUT2D eigenvalue weighted by molar-refractivity contribution is -0.138. The molecule has 1 amide bonds. The molecule has 3 aromatic rings. The van der Waals surface area contributed by atoms with E-state index in [0.29, 0.717) is 18.7 Å². The number of alkyl halides is 6. The van der Waals surface area contributed by atoms with Crippen LogP contribution < -0.4 is 5.32 Å². The Hall–Kier alpha value is -4.17. The molecule has 0 radical (unpaired) electrons. The smallest absolute Gasteiger partial charge is 0.416 e. The lowest BCUT2D eigenvalue weighted by Crippen LogP contribution is -2.33. The van der Waals surface area contributed by atoms with Crippen LogP contribution in [0, 0.1) is 0 Å². The number of imidazole rings is 1. The number of hydrogen-bond acceptors (Lipinski definition) is 9. The first-order chi connectivity index (χ1) is 22.7. The molecular formula is C29H32F6N4O8S2. The highest BCUT2D eigenvalue weighted by Gasteiger charge is 2.31. The van der Waals surface area contributed by atoms with Crippen LogP contribution >= 0.6 is 0 Å². The van der Waals surface area contributed by atoms with Gasteiger partial charge in [-0.2, -0.15) is 26.3 Å². The number of likely N-dealkylation sites (tertiary alicyclic amines) is 1. The zero-order valence-electron chi connectivity index (χ0n) is 25.8. The third-order valence-corrected chi connectivity index (χ3v) is 10.5. The third-order valence-electron chi connectivity index (χ3n) is 7.09. The van der Waals surface area contributed by atoms with E-state index < -0.39 is 67.6 Å². The Morgan fingerprint density at radius 3 is 1.71 bits per heavy atom. The number of carboxylic acids is 1. The van der Waals surface area contributed by atoms with Crippen LogP contribution in [-0.2, 0) is 43.8 Å². The molecule has 0 aliphatic carbocycles. The second-order valence-corrected chi connectivity index (χ2v) is 14.9. The minimum Gasteiger partial charge on any atom is -0.475 e. The number of nitrogens with one attached hydrogen (secondary N) is 1. The van der Waals surface area contributed by atoms with E-state index >= 15 is 0 Å². The van der Waals surface area contributed by atoms with Crippen molar-refractivity contribution < 1.29 is 62.6 Å². The molecule has 12 nitrogen and oxygen atoms in total. The van der Waals surface area contributed by atoms with Crippen molar-refractivity contribution in [3.05, 3.63) is 71.7 Å². The largest absolute Gasteiger partial charge is 0.475 e. The third kappa shape index (κ3) is 11.7. The van der Waals surface area contributed by atoms with Crippen molar-refractivity contribution in [1.29, 1.82) is 0 Å². The molecule has 1 saturated heterocycles. The van der Waals surface area contributed by atoms with E-state index in [9.17, 15) is 52.8 Å². The van der Waals surface area contributed by atoms with Crippen LogP contribution in [0.25, 0.3) is 0 Å². The van der Waals surface area contributed by atoms with Gasteiger partial charge in [-0.15, -0.1) is 0 Å². The molecule has 1 fully saturated rings. The molecular weight excluding hydrogens is 710 g/mol. The number of aromatic carboxylic acids is 1. The molecule has 20 heteroatoms. The van der Waals surface area contributed by atoms with Crippen molar-refractivity contribution in [1.82, 2.24) is 14.5 Å². The Labute approximate surface area is 277 Å². The van der Waals surface area contributed by atoms with Gasteiger partial charge in [0.15, 0.2) is 25.5 Å². The number of benzene rings is 2. The van der Waals surface area contributed by atoms with Crippen molar-refractivity contribution in [3.8, 4) is 0 Å². The van der Waals surface area contributed by atoms with Gasteiger partial charge < -0.3 is 19.3 Å². The maximum absolute atomic E-state index is 12.5. The monoisotopic (exact) mass is 742 g/mol. The number of rotatable bonds is 10. The predicted octanol–water partition coefficient (Wildman–Crippen LogP) is 5.12. The highest BCUT2D eigenvalue weighted by atomic mass is 32.2. The number of carboxylic acid groups (broad SMARTS) is 1. The van der Waals surface area contributed by atoms with Gasteiger partial charge in [0.2, 0.25) is 5.82 Å². The fourth-order valence-electron chi connectivity index (χ4n) is 4.48. The minimum absolute atomic E-state index is 0.0486. The van der Waals surface area contributed by atoms with Crippen LogP contribution in [0.15, 0.2) is 64.5 Å². The number of halogens is 6. The molecule has 1 aliphatic heterocycles. The molecule has 1 aliphatic rings. The number of carbonyl (C=O) groups excluding carboxylic acids is 1. The summed E-state index contributed by atoms with van der Waals surface area (Å²) in [5.41, 5.74) is -1.82. The summed E-state index contributed by atoms with van der Waals surface area (Å²) < 4.78 is 129. The summed E-state index contributed by atoms with van der Waals surface area (Å²) in [5, 5.41) is 11.0. The number of hydrogen-bond donors (Lipinski definition) is 2. The van der Waals surface area contributed by atoms with Crippen LogP contribution in [-0.4, -0.2) is 86.2 Å². The Balaban J connectivity index is 0.000000276. The molecule has 4 rings (SSSR count). The summed E-state index contributed by atoms with van der Waals surface area (Å²) in [6, 6.07) is 6.62. The molecule has 2 heterocycles. The number of ether oxygens (including phenoxy) is 1. The van der Waals surface area contributed by atoms with E-state index in [2.05, 4.69) is 19.9 Å². The number of aryl methyl sites for hydroxylation is 1. The fourth-order valence-corrected chi connectivity index (χ4v) is 6.85. The van der Waals surface area contributed by atoms with Crippen LogP contribution in [0.2, 0.25) is 0 Å². The van der Waals surface area contributed by atoms with E-state index in [1.807, 2.05) is 0 Å². The van der Waals surface area contributed by atoms with Crippen molar-refractivity contribution in [2.45, 2.75) is 41.4 Å². The van der Waals surface area contributed by atoms with E-state index in [0.717, 1.165) is 66.9 Å². The second kappa shape index (κ2) is 16.0. The highest BCUT2D eigenvalue weighted by molar-refractivity contribution is 7.91. The van der Waals surface area contributed by atoms with Crippen molar-refractivity contribution in [2.75, 3.05) is 43.1 Å². The fraction of sp³-hybridized carbons (Fsp3) is 0.414. The van der Waals surface area contributed by atoms with Crippen LogP contribution in [0.5, 0.6) is 0 Å². The first-order valence-corrected chi connectivity index (χ1v) is 17.7. The lowest BCUT2D eigenvalue weighted by atomic mass is 10.1. The normalized spacial score (nSPS) is 14.4. The quantitative estimate of drug-likeness (QED) is 0.266. The zero-order valence-corrected chi connectivity index (χ0v) is 27.4. The van der Waals surface area contributed by atoms with Gasteiger partial charge in [-0.3, -0.25) is 5.32 Å². The first kappa shape index (κ1) is 39.3. The molecule has 0 atom stereocenters. The second-order valence-electron chi connectivity index (χ2n) is 10.7. The van der Waals surface area contributed by atoms with Gasteiger partial charge in [-0.25, -0.2) is 31.4 Å². The van der Waals surface area contributed by atoms with E-state index in [1.165, 1.54) is 19.7 Å². The molecule has 0 saturated carbocycles. The Bertz CT molecular complexity index is 1800. The molecule has 49 heavy (non-hydrogen) atoms. The number of aromatic nitrogens is 2. The molecule has 0 unspecified atom stereocenters. The van der Waals surface area contributed by atoms with Gasteiger partial charge in [0, 0.05) is 19.8 Å². The van der Waals surface area contributed by atoms with Crippen LogP contribution in [0.1, 0.15) is 41.0 Å². The van der Waals surface area contributed by atoms with Gasteiger partial charge in [0.05, 0.1) is 32.4 Å². The Morgan fingerprint density at radius 2 is 1.29 bits per heavy atom. The topological polar surface area (TPSA) is 165 Å². The maximum atomic E-state index is 12.5. The number of piperidine rings is 1. The average molecular weight is 743 g/mol. The summed E-state index contributed by atoms with van der Waals surface area (Å²) in [5.74, 6) is -2.48. The molecule has 1 aromatic heterocycles. The maximum Gasteiger partial charge on any atom is 0.416 e. The van der Waals surface area contributed by atoms with E-state index in [4.69, 9.17) is 5.11 Å². The zero-order chi connectivity index (χ0) is 36.6. The summed E-state index contributed by atoms with van der Waals surface area (Å²) in [7, 11) is -6.11. The van der Waals surface area contributed by atoms with Crippen LogP contribution in [0.3, 0.4) is 0 Å². The van der Waals surface area contributed by atoms with Crippen molar-refractivity contribution >= 4 is 37.6 Å². The van der Waals surface area contributed by atoms with Gasteiger partial charge in [0.1, 0.15) is 6.61 Å². The number of carbonyl (C=O) groups is 2. The summed E-state index contributed by atoms with van der Waals surface area (Å²) in [6.45, 7) is 1.64. The lowest BCUT2D eigenvalue weighted by Gasteiger charge is -2.26. The van der Waals surface area contributed by atoms with Crippen molar-refractivity contribution in [2.24, 2.45) is 7.05 Å². The molecule has 0 bridgehead atoms. The number of anilines is 1. The van der Waals surface area contributed by atoms with E-state index in [-0.39, 0.29) is 27.2 Å². The number of sulfone groups is 2. The van der Waals surface area contributed by atoms with Gasteiger partial charge in [-0.1, -0.05) is 6.42 Å². The molecule has 0 spiro atoms. The average Bonchev–Trinajstić information content (AvgIpc) is 3.40. The van der Waals surface area contributed by atoms with Gasteiger partial charge in [0.25, 0.3) is 0 Å². The summed E-state index contributed by atoms with van der Waals surface area (Å²) in [4.78, 5) is 27.8. The summed E-state index contributed by atoms with van der Waals surface area (Å²) in [6.07, 6.45) is -5.59. The molecule has 2 N–H and O–H groups in total. The van der Waals surface area contributed by atoms with Gasteiger partial charge >= 0.3 is 24.4 Å². The number of nitrogens with zero attached hydrogens (tertiary/aromatic N) is 3. The first-order valence-electron chi connectivity index (χ1n) is 14.4.